The number of nitrogens with two attached hydrogens (primary N) is 1. The molecule has 0 saturated carbocycles. The van der Waals surface area contributed by atoms with Crippen molar-refractivity contribution in [3.8, 4) is 0 Å². The molecule has 2 aromatic rings. The van der Waals surface area contributed by atoms with Crippen molar-refractivity contribution >= 4 is 27.7 Å². The number of halogens is 2. The number of carbonyl (C=O) groups excluding carboxylic acids is 1. The summed E-state index contributed by atoms with van der Waals surface area (Å²) in [6.07, 6.45) is 1.46. The minimum absolute atomic E-state index is 0.0480. The SMILES string of the molecule is Nc1ccnc(CNC(=O)Cc2cc(Br)ccc2F)n1. The van der Waals surface area contributed by atoms with E-state index >= 15 is 0 Å². The third-order valence-corrected chi connectivity index (χ3v) is 3.02. The molecule has 1 aromatic heterocycles. The van der Waals surface area contributed by atoms with Crippen LogP contribution in [0.25, 0.3) is 0 Å². The fourth-order valence-electron chi connectivity index (χ4n) is 1.59. The van der Waals surface area contributed by atoms with E-state index in [9.17, 15) is 9.18 Å². The Morgan fingerprint density at radius 2 is 2.20 bits per heavy atom. The molecule has 0 saturated heterocycles. The molecule has 7 heteroatoms. The van der Waals surface area contributed by atoms with Gasteiger partial charge in [-0.3, -0.25) is 4.79 Å². The molecule has 0 aliphatic carbocycles. The first-order valence-electron chi connectivity index (χ1n) is 5.82. The quantitative estimate of drug-likeness (QED) is 0.890. The number of rotatable bonds is 4. The summed E-state index contributed by atoms with van der Waals surface area (Å²) < 4.78 is 14.2. The third-order valence-electron chi connectivity index (χ3n) is 2.53. The van der Waals surface area contributed by atoms with Gasteiger partial charge in [-0.15, -0.1) is 0 Å². The maximum atomic E-state index is 13.5. The number of nitrogens with one attached hydrogen (secondary N) is 1. The smallest absolute Gasteiger partial charge is 0.224 e. The number of hydrogen-bond acceptors (Lipinski definition) is 4. The first-order chi connectivity index (χ1) is 9.54. The van der Waals surface area contributed by atoms with Crippen molar-refractivity contribution in [2.75, 3.05) is 5.73 Å². The fourth-order valence-corrected chi connectivity index (χ4v) is 2.00. The van der Waals surface area contributed by atoms with Crippen LogP contribution in [0.3, 0.4) is 0 Å². The van der Waals surface area contributed by atoms with Gasteiger partial charge in [0.25, 0.3) is 0 Å². The number of nitrogen functional groups attached to an aromatic ring is 1. The Hall–Kier alpha value is -2.02. The molecule has 0 bridgehead atoms. The summed E-state index contributed by atoms with van der Waals surface area (Å²) in [6, 6.07) is 6.03. The number of carbonyl (C=O) groups is 1. The number of amides is 1. The molecule has 20 heavy (non-hydrogen) atoms. The van der Waals surface area contributed by atoms with Gasteiger partial charge in [-0.2, -0.15) is 0 Å². The van der Waals surface area contributed by atoms with Gasteiger partial charge in [0.1, 0.15) is 17.5 Å². The summed E-state index contributed by atoms with van der Waals surface area (Å²) in [4.78, 5) is 19.7. The van der Waals surface area contributed by atoms with E-state index in [0.29, 0.717) is 17.2 Å². The topological polar surface area (TPSA) is 80.9 Å². The molecule has 0 atom stereocenters. The standard InChI is InChI=1S/C13H12BrFN4O/c14-9-1-2-10(15)8(5-9)6-13(20)18-7-12-17-4-3-11(16)19-12/h1-5H,6-7H2,(H,18,20)(H2,16,17,19). The van der Waals surface area contributed by atoms with Gasteiger partial charge < -0.3 is 11.1 Å². The Balaban J connectivity index is 1.94. The summed E-state index contributed by atoms with van der Waals surface area (Å²) in [7, 11) is 0. The lowest BCUT2D eigenvalue weighted by molar-refractivity contribution is -0.120. The van der Waals surface area contributed by atoms with E-state index in [1.807, 2.05) is 0 Å². The minimum atomic E-state index is -0.413. The van der Waals surface area contributed by atoms with Crippen molar-refractivity contribution in [2.24, 2.45) is 0 Å². The van der Waals surface area contributed by atoms with E-state index < -0.39 is 5.82 Å². The van der Waals surface area contributed by atoms with Crippen LogP contribution in [0.4, 0.5) is 10.2 Å². The van der Waals surface area contributed by atoms with Gasteiger partial charge in [0, 0.05) is 10.7 Å². The highest BCUT2D eigenvalue weighted by Gasteiger charge is 2.09. The lowest BCUT2D eigenvalue weighted by Gasteiger charge is -2.06. The predicted octanol–water partition coefficient (Wildman–Crippen LogP) is 1.82. The van der Waals surface area contributed by atoms with Crippen LogP contribution in [0.1, 0.15) is 11.4 Å². The number of nitrogens with zero attached hydrogens (tertiary/aromatic N) is 2. The lowest BCUT2D eigenvalue weighted by atomic mass is 10.1. The average Bonchev–Trinajstić information content (AvgIpc) is 2.41. The highest BCUT2D eigenvalue weighted by molar-refractivity contribution is 9.10. The van der Waals surface area contributed by atoms with Gasteiger partial charge in [0.05, 0.1) is 13.0 Å². The fraction of sp³-hybridized carbons (Fsp3) is 0.154. The van der Waals surface area contributed by atoms with Crippen LogP contribution in [-0.2, 0) is 17.8 Å². The Labute approximate surface area is 123 Å². The van der Waals surface area contributed by atoms with Crippen LogP contribution in [0.5, 0.6) is 0 Å². The van der Waals surface area contributed by atoms with E-state index in [1.54, 1.807) is 18.2 Å². The van der Waals surface area contributed by atoms with Crippen molar-refractivity contribution in [1.29, 1.82) is 0 Å². The molecule has 0 aliphatic heterocycles. The van der Waals surface area contributed by atoms with Crippen LogP contribution >= 0.6 is 15.9 Å². The molecule has 0 spiro atoms. The lowest BCUT2D eigenvalue weighted by Crippen LogP contribution is -2.26. The number of hydrogen-bond donors (Lipinski definition) is 2. The molecule has 0 unspecified atom stereocenters. The number of aromatic nitrogens is 2. The highest BCUT2D eigenvalue weighted by atomic mass is 79.9. The molecule has 3 N–H and O–H groups in total. The summed E-state index contributed by atoms with van der Waals surface area (Å²) >= 11 is 3.24. The van der Waals surface area contributed by atoms with Crippen LogP contribution in [-0.4, -0.2) is 15.9 Å². The molecule has 0 radical (unpaired) electrons. The number of benzene rings is 1. The highest BCUT2D eigenvalue weighted by Crippen LogP contribution is 2.15. The van der Waals surface area contributed by atoms with Crippen LogP contribution < -0.4 is 11.1 Å². The van der Waals surface area contributed by atoms with Crippen LogP contribution in [0, 0.1) is 5.82 Å². The summed E-state index contributed by atoms with van der Waals surface area (Å²) in [6.45, 7) is 0.152. The van der Waals surface area contributed by atoms with E-state index in [0.717, 1.165) is 4.47 Å². The second-order valence-corrected chi connectivity index (χ2v) is 5.00. The molecular formula is C13H12BrFN4O. The molecule has 5 nitrogen and oxygen atoms in total. The largest absolute Gasteiger partial charge is 0.384 e. The van der Waals surface area contributed by atoms with E-state index in [-0.39, 0.29) is 18.9 Å². The third kappa shape index (κ3) is 3.99. The summed E-state index contributed by atoms with van der Waals surface area (Å²) in [5.74, 6) is 0.0203. The van der Waals surface area contributed by atoms with Crippen LogP contribution in [0.15, 0.2) is 34.9 Å². The van der Waals surface area contributed by atoms with Crippen molar-refractivity contribution in [3.05, 3.63) is 52.1 Å². The number of anilines is 1. The van der Waals surface area contributed by atoms with Gasteiger partial charge in [-0.05, 0) is 29.8 Å². The van der Waals surface area contributed by atoms with Crippen molar-refractivity contribution < 1.29 is 9.18 Å². The first kappa shape index (κ1) is 14.4. The van der Waals surface area contributed by atoms with Gasteiger partial charge in [-0.1, -0.05) is 15.9 Å². The summed E-state index contributed by atoms with van der Waals surface area (Å²) in [5, 5.41) is 2.62. The molecular weight excluding hydrogens is 327 g/mol. The van der Waals surface area contributed by atoms with Gasteiger partial charge in [0.2, 0.25) is 5.91 Å². The normalized spacial score (nSPS) is 10.3. The maximum absolute atomic E-state index is 13.5. The van der Waals surface area contributed by atoms with Crippen LogP contribution in [0.2, 0.25) is 0 Å². The van der Waals surface area contributed by atoms with Gasteiger partial charge in [0.15, 0.2) is 0 Å². The minimum Gasteiger partial charge on any atom is -0.384 e. The molecule has 2 rings (SSSR count). The zero-order chi connectivity index (χ0) is 14.5. The van der Waals surface area contributed by atoms with Crippen molar-refractivity contribution in [3.63, 3.8) is 0 Å². The Morgan fingerprint density at radius 1 is 1.40 bits per heavy atom. The van der Waals surface area contributed by atoms with Crippen molar-refractivity contribution in [2.45, 2.75) is 13.0 Å². The maximum Gasteiger partial charge on any atom is 0.224 e. The van der Waals surface area contributed by atoms with E-state index in [2.05, 4.69) is 31.2 Å². The van der Waals surface area contributed by atoms with E-state index in [4.69, 9.17) is 5.73 Å². The Kier molecular flexibility index (Phi) is 4.62. The molecule has 1 aromatic carbocycles. The molecule has 1 amide bonds. The Morgan fingerprint density at radius 3 is 2.95 bits per heavy atom. The second-order valence-electron chi connectivity index (χ2n) is 4.09. The van der Waals surface area contributed by atoms with E-state index in [1.165, 1.54) is 12.3 Å². The van der Waals surface area contributed by atoms with Gasteiger partial charge >= 0.3 is 0 Å². The monoisotopic (exact) mass is 338 g/mol. The average molecular weight is 339 g/mol. The molecule has 0 fully saturated rings. The zero-order valence-electron chi connectivity index (χ0n) is 10.4. The Bertz CT molecular complexity index is 636. The zero-order valence-corrected chi connectivity index (χ0v) is 12.0. The first-order valence-corrected chi connectivity index (χ1v) is 6.62. The summed E-state index contributed by atoms with van der Waals surface area (Å²) in [5.41, 5.74) is 5.83. The molecule has 0 aliphatic rings. The molecule has 1 heterocycles. The predicted molar refractivity (Wildman–Crippen MR) is 76.1 cm³/mol. The second kappa shape index (κ2) is 6.42. The molecule has 104 valence electrons. The van der Waals surface area contributed by atoms with Crippen molar-refractivity contribution in [1.82, 2.24) is 15.3 Å². The van der Waals surface area contributed by atoms with Gasteiger partial charge in [-0.25, -0.2) is 14.4 Å².